The van der Waals surface area contributed by atoms with Crippen molar-refractivity contribution in [1.82, 2.24) is 4.90 Å². The highest BCUT2D eigenvalue weighted by molar-refractivity contribution is 5.27. The Morgan fingerprint density at radius 3 is 2.07 bits per heavy atom. The molecule has 1 aromatic carbocycles. The number of halogens is 3. The molecule has 0 N–H and O–H groups in total. The third-order valence-electron chi connectivity index (χ3n) is 6.32. The molecule has 0 aliphatic carbocycles. The van der Waals surface area contributed by atoms with Crippen LogP contribution in [0.5, 0.6) is 0 Å². The van der Waals surface area contributed by atoms with Crippen LogP contribution in [0.1, 0.15) is 103 Å². The van der Waals surface area contributed by atoms with E-state index in [0.717, 1.165) is 37.9 Å². The molecule has 0 amide bonds. The van der Waals surface area contributed by atoms with Gasteiger partial charge in [-0.2, -0.15) is 13.2 Å². The molecule has 29 heavy (non-hydrogen) atoms. The first-order valence-electron chi connectivity index (χ1n) is 11.3. The Hall–Kier alpha value is -1.03. The number of benzene rings is 1. The first-order chi connectivity index (χ1) is 13.4. The van der Waals surface area contributed by atoms with Crippen molar-refractivity contribution in [2.75, 3.05) is 13.1 Å². The molecular weight excluding hydrogens is 371 g/mol. The summed E-state index contributed by atoms with van der Waals surface area (Å²) in [6, 6.07) is 6.10. The molecule has 1 saturated heterocycles. The largest absolute Gasteiger partial charge is 0.416 e. The van der Waals surface area contributed by atoms with Gasteiger partial charge in [-0.1, -0.05) is 59.6 Å². The van der Waals surface area contributed by atoms with E-state index >= 15 is 0 Å². The van der Waals surface area contributed by atoms with Crippen LogP contribution in [0.3, 0.4) is 0 Å². The predicted molar refractivity (Wildman–Crippen MR) is 116 cm³/mol. The fraction of sp³-hybridized carbons (Fsp3) is 0.760. The Morgan fingerprint density at radius 1 is 0.862 bits per heavy atom. The van der Waals surface area contributed by atoms with Gasteiger partial charge in [0.2, 0.25) is 0 Å². The fourth-order valence-corrected chi connectivity index (χ4v) is 4.51. The number of likely N-dealkylation sites (tertiary alicyclic amines) is 1. The van der Waals surface area contributed by atoms with Crippen molar-refractivity contribution in [1.29, 1.82) is 0 Å². The molecule has 0 aromatic heterocycles. The predicted octanol–water partition coefficient (Wildman–Crippen LogP) is 8.26. The second-order valence-electron chi connectivity index (χ2n) is 10.8. The minimum Gasteiger partial charge on any atom is -0.296 e. The maximum atomic E-state index is 12.9. The second kappa shape index (κ2) is 9.85. The SMILES string of the molecule is CC(C)(C)CCCC(C)(C)CCCN1CCCCC1c1ccc(C(F)(F)F)cc1. The summed E-state index contributed by atoms with van der Waals surface area (Å²) in [7, 11) is 0. The summed E-state index contributed by atoms with van der Waals surface area (Å²) in [4.78, 5) is 2.50. The summed E-state index contributed by atoms with van der Waals surface area (Å²) in [6.07, 6.45) is 5.27. The van der Waals surface area contributed by atoms with Crippen LogP contribution in [0.15, 0.2) is 24.3 Å². The standard InChI is InChI=1S/C25H40F3N/c1-23(2,3)15-8-16-24(4,5)17-9-19-29-18-7-6-10-22(29)20-11-13-21(14-12-20)25(26,27)28/h11-14,22H,6-10,15-19H2,1-5H3. The monoisotopic (exact) mass is 411 g/mol. The van der Waals surface area contributed by atoms with E-state index in [-0.39, 0.29) is 6.04 Å². The molecule has 0 radical (unpaired) electrons. The Kier molecular flexibility index (Phi) is 8.23. The topological polar surface area (TPSA) is 3.24 Å². The molecule has 1 heterocycles. The normalized spacial score (nSPS) is 19.5. The molecule has 1 aliphatic heterocycles. The van der Waals surface area contributed by atoms with Gasteiger partial charge in [0.05, 0.1) is 5.56 Å². The molecule has 1 aliphatic rings. The highest BCUT2D eigenvalue weighted by Crippen LogP contribution is 2.36. The second-order valence-corrected chi connectivity index (χ2v) is 10.8. The van der Waals surface area contributed by atoms with Gasteiger partial charge < -0.3 is 0 Å². The number of hydrogen-bond acceptors (Lipinski definition) is 1. The molecule has 1 aromatic rings. The van der Waals surface area contributed by atoms with Gasteiger partial charge in [-0.15, -0.1) is 0 Å². The van der Waals surface area contributed by atoms with Gasteiger partial charge in [0.25, 0.3) is 0 Å². The van der Waals surface area contributed by atoms with Crippen LogP contribution in [0.25, 0.3) is 0 Å². The van der Waals surface area contributed by atoms with Gasteiger partial charge in [-0.05, 0) is 80.1 Å². The zero-order valence-electron chi connectivity index (χ0n) is 19.0. The number of rotatable bonds is 8. The quantitative estimate of drug-likeness (QED) is 0.416. The average Bonchev–Trinajstić information content (AvgIpc) is 2.60. The van der Waals surface area contributed by atoms with Gasteiger partial charge in [-0.25, -0.2) is 0 Å². The lowest BCUT2D eigenvalue weighted by molar-refractivity contribution is -0.137. The summed E-state index contributed by atoms with van der Waals surface area (Å²) in [5.74, 6) is 0. The van der Waals surface area contributed by atoms with E-state index in [1.807, 2.05) is 0 Å². The van der Waals surface area contributed by atoms with E-state index in [1.54, 1.807) is 12.1 Å². The van der Waals surface area contributed by atoms with Crippen molar-refractivity contribution in [2.45, 2.75) is 98.2 Å². The van der Waals surface area contributed by atoms with Crippen molar-refractivity contribution in [3.05, 3.63) is 35.4 Å². The molecule has 2 rings (SSSR count). The zero-order chi connectivity index (χ0) is 21.7. The summed E-state index contributed by atoms with van der Waals surface area (Å²) in [5, 5.41) is 0. The highest BCUT2D eigenvalue weighted by atomic mass is 19.4. The molecular formula is C25H40F3N. The third kappa shape index (κ3) is 8.32. The van der Waals surface area contributed by atoms with E-state index < -0.39 is 11.7 Å². The van der Waals surface area contributed by atoms with E-state index in [9.17, 15) is 13.2 Å². The maximum absolute atomic E-state index is 12.9. The molecule has 166 valence electrons. The first-order valence-corrected chi connectivity index (χ1v) is 11.3. The fourth-order valence-electron chi connectivity index (χ4n) is 4.51. The van der Waals surface area contributed by atoms with E-state index in [4.69, 9.17) is 0 Å². The van der Waals surface area contributed by atoms with E-state index in [0.29, 0.717) is 10.8 Å². The Morgan fingerprint density at radius 2 is 1.48 bits per heavy atom. The summed E-state index contributed by atoms with van der Waals surface area (Å²) < 4.78 is 38.6. The van der Waals surface area contributed by atoms with Gasteiger partial charge in [-0.3, -0.25) is 4.90 Å². The maximum Gasteiger partial charge on any atom is 0.416 e. The van der Waals surface area contributed by atoms with Gasteiger partial charge >= 0.3 is 6.18 Å². The van der Waals surface area contributed by atoms with Crippen LogP contribution < -0.4 is 0 Å². The molecule has 1 nitrogen and oxygen atoms in total. The molecule has 0 spiro atoms. The molecule has 1 unspecified atom stereocenters. The van der Waals surface area contributed by atoms with Crippen LogP contribution in [0.4, 0.5) is 13.2 Å². The summed E-state index contributed by atoms with van der Waals surface area (Å²) >= 11 is 0. The first kappa shape index (κ1) is 24.2. The van der Waals surface area contributed by atoms with Gasteiger partial charge in [0, 0.05) is 6.04 Å². The minimum absolute atomic E-state index is 0.259. The molecule has 4 heteroatoms. The van der Waals surface area contributed by atoms with Crippen molar-refractivity contribution < 1.29 is 13.2 Å². The van der Waals surface area contributed by atoms with Crippen LogP contribution in [0.2, 0.25) is 0 Å². The number of piperidine rings is 1. The molecule has 1 fully saturated rings. The third-order valence-corrected chi connectivity index (χ3v) is 6.32. The lowest BCUT2D eigenvalue weighted by Gasteiger charge is -2.37. The minimum atomic E-state index is -4.26. The van der Waals surface area contributed by atoms with Crippen molar-refractivity contribution in [3.63, 3.8) is 0 Å². The van der Waals surface area contributed by atoms with Crippen LogP contribution in [-0.4, -0.2) is 18.0 Å². The average molecular weight is 412 g/mol. The summed E-state index contributed by atoms with van der Waals surface area (Å²) in [6.45, 7) is 13.7. The van der Waals surface area contributed by atoms with E-state index in [2.05, 4.69) is 39.5 Å². The zero-order valence-corrected chi connectivity index (χ0v) is 19.0. The van der Waals surface area contributed by atoms with Gasteiger partial charge in [0.1, 0.15) is 0 Å². The number of alkyl halides is 3. The smallest absolute Gasteiger partial charge is 0.296 e. The van der Waals surface area contributed by atoms with Crippen LogP contribution >= 0.6 is 0 Å². The van der Waals surface area contributed by atoms with Gasteiger partial charge in [0.15, 0.2) is 0 Å². The van der Waals surface area contributed by atoms with Crippen LogP contribution in [0, 0.1) is 10.8 Å². The number of hydrogen-bond donors (Lipinski definition) is 0. The molecule has 0 bridgehead atoms. The Bertz CT molecular complexity index is 610. The summed E-state index contributed by atoms with van der Waals surface area (Å²) in [5.41, 5.74) is 1.23. The van der Waals surface area contributed by atoms with Crippen LogP contribution in [-0.2, 0) is 6.18 Å². The highest BCUT2D eigenvalue weighted by Gasteiger charge is 2.31. The molecule has 0 saturated carbocycles. The molecule has 1 atom stereocenters. The van der Waals surface area contributed by atoms with Crippen molar-refractivity contribution in [2.24, 2.45) is 10.8 Å². The Labute approximate surface area is 176 Å². The number of nitrogens with zero attached hydrogens (tertiary/aromatic N) is 1. The van der Waals surface area contributed by atoms with Crippen molar-refractivity contribution in [3.8, 4) is 0 Å². The lowest BCUT2D eigenvalue weighted by atomic mass is 9.79. The lowest BCUT2D eigenvalue weighted by Crippen LogP contribution is -2.34. The Balaban J connectivity index is 1.88. The van der Waals surface area contributed by atoms with Crippen molar-refractivity contribution >= 4 is 0 Å². The van der Waals surface area contributed by atoms with E-state index in [1.165, 1.54) is 44.2 Å².